The van der Waals surface area contributed by atoms with Crippen molar-refractivity contribution in [3.05, 3.63) is 0 Å². The van der Waals surface area contributed by atoms with Crippen LogP contribution in [0.25, 0.3) is 0 Å². The Morgan fingerprint density at radius 2 is 1.74 bits per heavy atom. The second kappa shape index (κ2) is 8.91. The Kier molecular flexibility index (Phi) is 7.48. The van der Waals surface area contributed by atoms with Gasteiger partial charge in [0.05, 0.1) is 6.54 Å². The van der Waals surface area contributed by atoms with E-state index in [-0.39, 0.29) is 24.3 Å². The highest BCUT2D eigenvalue weighted by molar-refractivity contribution is 5.85. The molecule has 110 valence electrons. The van der Waals surface area contributed by atoms with Gasteiger partial charge in [-0.3, -0.25) is 9.59 Å². The highest BCUT2D eigenvalue weighted by Crippen LogP contribution is 2.13. The number of amides is 2. The van der Waals surface area contributed by atoms with Crippen molar-refractivity contribution in [1.82, 2.24) is 15.5 Å². The summed E-state index contributed by atoms with van der Waals surface area (Å²) in [6.45, 7) is 7.47. The van der Waals surface area contributed by atoms with Crippen LogP contribution in [0.4, 0.5) is 0 Å². The molecule has 1 aliphatic heterocycles. The Morgan fingerprint density at radius 3 is 2.26 bits per heavy atom. The fourth-order valence-electron chi connectivity index (χ4n) is 2.44. The summed E-state index contributed by atoms with van der Waals surface area (Å²) >= 11 is 0. The summed E-state index contributed by atoms with van der Waals surface area (Å²) in [4.78, 5) is 25.8. The van der Waals surface area contributed by atoms with Gasteiger partial charge in [0.1, 0.15) is 0 Å². The third-order valence-electron chi connectivity index (χ3n) is 3.53. The lowest BCUT2D eigenvalue weighted by atomic mass is 9.97. The van der Waals surface area contributed by atoms with E-state index in [9.17, 15) is 9.59 Å². The molecule has 1 aliphatic rings. The lowest BCUT2D eigenvalue weighted by molar-refractivity contribution is -0.134. The first-order valence-corrected chi connectivity index (χ1v) is 7.45. The zero-order chi connectivity index (χ0) is 14.1. The van der Waals surface area contributed by atoms with E-state index in [0.29, 0.717) is 0 Å². The quantitative estimate of drug-likeness (QED) is 0.717. The van der Waals surface area contributed by atoms with Crippen LogP contribution in [0.2, 0.25) is 0 Å². The lowest BCUT2D eigenvalue weighted by Crippen LogP contribution is -2.50. The third kappa shape index (κ3) is 5.59. The zero-order valence-electron chi connectivity index (χ0n) is 12.2. The molecule has 5 heteroatoms. The summed E-state index contributed by atoms with van der Waals surface area (Å²) in [6.07, 6.45) is 3.82. The standard InChI is InChI=1S/C14H27N3O2/c1-3-5-12(6-4-2)14(19)16-11-13(18)17-9-7-15-8-10-17/h12,15H,3-11H2,1-2H3,(H,16,19). The maximum Gasteiger partial charge on any atom is 0.242 e. The Hall–Kier alpha value is -1.10. The average molecular weight is 269 g/mol. The molecule has 19 heavy (non-hydrogen) atoms. The molecule has 2 N–H and O–H groups in total. The summed E-state index contributed by atoms with van der Waals surface area (Å²) in [5, 5.41) is 6.00. The first-order valence-electron chi connectivity index (χ1n) is 7.45. The SMILES string of the molecule is CCCC(CCC)C(=O)NCC(=O)N1CCNCC1. The Balaban J connectivity index is 2.32. The van der Waals surface area contributed by atoms with Crippen molar-refractivity contribution in [2.24, 2.45) is 5.92 Å². The summed E-state index contributed by atoms with van der Waals surface area (Å²) < 4.78 is 0. The molecule has 0 bridgehead atoms. The van der Waals surface area contributed by atoms with Crippen LogP contribution in [0.1, 0.15) is 39.5 Å². The minimum atomic E-state index is 0.0293. The van der Waals surface area contributed by atoms with E-state index < -0.39 is 0 Å². The number of piperazine rings is 1. The Bertz CT molecular complexity index is 282. The van der Waals surface area contributed by atoms with Gasteiger partial charge in [0, 0.05) is 32.1 Å². The maximum atomic E-state index is 12.0. The molecule has 0 spiro atoms. The average Bonchev–Trinajstić information content (AvgIpc) is 2.45. The molecular weight excluding hydrogens is 242 g/mol. The van der Waals surface area contributed by atoms with E-state index >= 15 is 0 Å². The van der Waals surface area contributed by atoms with Gasteiger partial charge in [-0.05, 0) is 12.8 Å². The third-order valence-corrected chi connectivity index (χ3v) is 3.53. The molecule has 0 saturated carbocycles. The smallest absolute Gasteiger partial charge is 0.242 e. The van der Waals surface area contributed by atoms with Crippen molar-refractivity contribution >= 4 is 11.8 Å². The van der Waals surface area contributed by atoms with Crippen molar-refractivity contribution in [2.75, 3.05) is 32.7 Å². The summed E-state index contributed by atoms with van der Waals surface area (Å²) in [7, 11) is 0. The van der Waals surface area contributed by atoms with Crippen molar-refractivity contribution in [3.63, 3.8) is 0 Å². The van der Waals surface area contributed by atoms with Crippen LogP contribution in [-0.4, -0.2) is 49.4 Å². The molecule has 1 saturated heterocycles. The first kappa shape index (κ1) is 16.0. The van der Waals surface area contributed by atoms with Gasteiger partial charge in [-0.15, -0.1) is 0 Å². The molecule has 0 aliphatic carbocycles. The molecule has 1 rings (SSSR count). The minimum absolute atomic E-state index is 0.0293. The summed E-state index contributed by atoms with van der Waals surface area (Å²) in [5.74, 6) is 0.125. The van der Waals surface area contributed by atoms with Crippen molar-refractivity contribution < 1.29 is 9.59 Å². The van der Waals surface area contributed by atoms with Gasteiger partial charge in [-0.25, -0.2) is 0 Å². The number of hydrogen-bond donors (Lipinski definition) is 2. The van der Waals surface area contributed by atoms with Crippen LogP contribution >= 0.6 is 0 Å². The van der Waals surface area contributed by atoms with Crippen LogP contribution in [0.5, 0.6) is 0 Å². The van der Waals surface area contributed by atoms with Crippen LogP contribution < -0.4 is 10.6 Å². The predicted molar refractivity (Wildman–Crippen MR) is 75.8 cm³/mol. The topological polar surface area (TPSA) is 61.4 Å². The van der Waals surface area contributed by atoms with E-state index in [1.54, 1.807) is 0 Å². The Morgan fingerprint density at radius 1 is 1.16 bits per heavy atom. The van der Waals surface area contributed by atoms with Crippen LogP contribution in [-0.2, 0) is 9.59 Å². The predicted octanol–water partition coefficient (Wildman–Crippen LogP) is 0.751. The summed E-state index contributed by atoms with van der Waals surface area (Å²) in [5.41, 5.74) is 0. The monoisotopic (exact) mass is 269 g/mol. The van der Waals surface area contributed by atoms with E-state index in [0.717, 1.165) is 51.9 Å². The molecule has 1 heterocycles. The highest BCUT2D eigenvalue weighted by Gasteiger charge is 2.20. The summed E-state index contributed by atoms with van der Waals surface area (Å²) in [6, 6.07) is 0. The van der Waals surface area contributed by atoms with E-state index in [1.807, 2.05) is 4.90 Å². The molecule has 2 amide bonds. The zero-order valence-corrected chi connectivity index (χ0v) is 12.2. The van der Waals surface area contributed by atoms with Crippen LogP contribution in [0, 0.1) is 5.92 Å². The first-order chi connectivity index (χ1) is 9.19. The fraction of sp³-hybridized carbons (Fsp3) is 0.857. The lowest BCUT2D eigenvalue weighted by Gasteiger charge is -2.27. The molecule has 0 aromatic carbocycles. The van der Waals surface area contributed by atoms with Crippen LogP contribution in [0.3, 0.4) is 0 Å². The van der Waals surface area contributed by atoms with Crippen LogP contribution in [0.15, 0.2) is 0 Å². The maximum absolute atomic E-state index is 12.0. The van der Waals surface area contributed by atoms with Crippen molar-refractivity contribution in [1.29, 1.82) is 0 Å². The fourth-order valence-corrected chi connectivity index (χ4v) is 2.44. The Labute approximate surface area is 116 Å². The minimum Gasteiger partial charge on any atom is -0.347 e. The second-order valence-corrected chi connectivity index (χ2v) is 5.12. The number of hydrogen-bond acceptors (Lipinski definition) is 3. The number of nitrogens with zero attached hydrogens (tertiary/aromatic N) is 1. The molecule has 0 radical (unpaired) electrons. The van der Waals surface area contributed by atoms with Gasteiger partial charge in [-0.2, -0.15) is 0 Å². The van der Waals surface area contributed by atoms with Gasteiger partial charge >= 0.3 is 0 Å². The largest absolute Gasteiger partial charge is 0.347 e. The number of rotatable bonds is 7. The second-order valence-electron chi connectivity index (χ2n) is 5.12. The number of nitrogens with one attached hydrogen (secondary N) is 2. The van der Waals surface area contributed by atoms with Gasteiger partial charge in [0.25, 0.3) is 0 Å². The van der Waals surface area contributed by atoms with E-state index in [4.69, 9.17) is 0 Å². The van der Waals surface area contributed by atoms with E-state index in [1.165, 1.54) is 0 Å². The molecule has 0 atom stereocenters. The molecular formula is C14H27N3O2. The molecule has 1 fully saturated rings. The van der Waals surface area contributed by atoms with E-state index in [2.05, 4.69) is 24.5 Å². The molecule has 0 aromatic rings. The van der Waals surface area contributed by atoms with Gasteiger partial charge in [0.15, 0.2) is 0 Å². The highest BCUT2D eigenvalue weighted by atomic mass is 16.2. The van der Waals surface area contributed by atoms with Gasteiger partial charge in [-0.1, -0.05) is 26.7 Å². The van der Waals surface area contributed by atoms with Crippen molar-refractivity contribution in [2.45, 2.75) is 39.5 Å². The normalized spacial score (nSPS) is 15.6. The molecule has 0 aromatic heterocycles. The molecule has 5 nitrogen and oxygen atoms in total. The van der Waals surface area contributed by atoms with Gasteiger partial charge in [0.2, 0.25) is 11.8 Å². The molecule has 0 unspecified atom stereocenters. The number of carbonyl (C=O) groups excluding carboxylic acids is 2. The number of carbonyl (C=O) groups is 2. The van der Waals surface area contributed by atoms with Crippen molar-refractivity contribution in [3.8, 4) is 0 Å². The van der Waals surface area contributed by atoms with Gasteiger partial charge < -0.3 is 15.5 Å².